The Balaban J connectivity index is 1.51. The van der Waals surface area contributed by atoms with Crippen LogP contribution in [0.4, 0.5) is 0 Å². The Morgan fingerprint density at radius 2 is 2.13 bits per heavy atom. The summed E-state index contributed by atoms with van der Waals surface area (Å²) in [5.74, 6) is 0.127. The normalized spacial score (nSPS) is 27.5. The molecule has 162 valence electrons. The van der Waals surface area contributed by atoms with Crippen LogP contribution in [0.5, 0.6) is 0 Å². The zero-order chi connectivity index (χ0) is 21.5. The first-order chi connectivity index (χ1) is 15.1. The number of nitrogens with zero attached hydrogens (tertiary/aromatic N) is 4. The summed E-state index contributed by atoms with van der Waals surface area (Å²) in [6, 6.07) is 8.08. The molecule has 3 unspecified atom stereocenters. The number of carbonyl (C=O) groups is 1. The van der Waals surface area contributed by atoms with Crippen molar-refractivity contribution in [2.24, 2.45) is 5.92 Å². The van der Waals surface area contributed by atoms with Crippen molar-refractivity contribution in [2.75, 3.05) is 26.3 Å². The SMILES string of the molecule is CC1c2c(cc(CN3CCC(C#N)CC3)c3cccnc23)C(=O)N1C1CCOCC1O. The fourth-order valence-corrected chi connectivity index (χ4v) is 5.46. The molecular formula is C24H28N4O3. The number of rotatable bonds is 3. The van der Waals surface area contributed by atoms with Gasteiger partial charge in [-0.05, 0) is 57.0 Å². The van der Waals surface area contributed by atoms with E-state index in [4.69, 9.17) is 4.74 Å². The monoisotopic (exact) mass is 420 g/mol. The lowest BCUT2D eigenvalue weighted by Crippen LogP contribution is -2.50. The van der Waals surface area contributed by atoms with Crippen LogP contribution in [0.2, 0.25) is 0 Å². The number of aliphatic hydroxyl groups excluding tert-OH is 1. The van der Waals surface area contributed by atoms with Crippen LogP contribution >= 0.6 is 0 Å². The highest BCUT2D eigenvalue weighted by Crippen LogP contribution is 2.42. The fourth-order valence-electron chi connectivity index (χ4n) is 5.46. The number of ether oxygens (including phenoxy) is 1. The second-order valence-corrected chi connectivity index (χ2v) is 8.96. The van der Waals surface area contributed by atoms with E-state index in [0.717, 1.165) is 54.5 Å². The molecule has 1 N–H and O–H groups in total. The molecule has 1 amide bonds. The maximum absolute atomic E-state index is 13.5. The molecule has 31 heavy (non-hydrogen) atoms. The number of hydrogen-bond donors (Lipinski definition) is 1. The second-order valence-electron chi connectivity index (χ2n) is 8.96. The van der Waals surface area contributed by atoms with E-state index in [0.29, 0.717) is 18.6 Å². The average molecular weight is 421 g/mol. The van der Waals surface area contributed by atoms with Crippen LogP contribution in [0, 0.1) is 17.2 Å². The average Bonchev–Trinajstić information content (AvgIpc) is 3.05. The number of carbonyl (C=O) groups excluding carboxylic acids is 1. The molecule has 0 radical (unpaired) electrons. The number of hydrogen-bond acceptors (Lipinski definition) is 6. The second kappa shape index (κ2) is 8.19. The molecule has 1 aromatic carbocycles. The number of amides is 1. The van der Waals surface area contributed by atoms with E-state index < -0.39 is 6.10 Å². The Morgan fingerprint density at radius 1 is 1.32 bits per heavy atom. The highest BCUT2D eigenvalue weighted by molar-refractivity contribution is 6.05. The first-order valence-corrected chi connectivity index (χ1v) is 11.2. The first-order valence-electron chi connectivity index (χ1n) is 11.2. The molecule has 0 saturated carbocycles. The lowest BCUT2D eigenvalue weighted by Gasteiger charge is -2.37. The number of likely N-dealkylation sites (tertiary alicyclic amines) is 1. The van der Waals surface area contributed by atoms with Gasteiger partial charge in [-0.3, -0.25) is 14.7 Å². The van der Waals surface area contributed by atoms with Gasteiger partial charge in [-0.25, -0.2) is 0 Å². The Hall–Kier alpha value is -2.53. The predicted octanol–water partition coefficient (Wildman–Crippen LogP) is 2.64. The number of fused-ring (bicyclic) bond motifs is 3. The minimum Gasteiger partial charge on any atom is -0.389 e. The molecule has 2 fully saturated rings. The van der Waals surface area contributed by atoms with Gasteiger partial charge < -0.3 is 14.7 Å². The van der Waals surface area contributed by atoms with Gasteiger partial charge in [0.05, 0.1) is 36.4 Å². The molecule has 1 aromatic heterocycles. The maximum Gasteiger partial charge on any atom is 0.255 e. The minimum absolute atomic E-state index is 0.0227. The summed E-state index contributed by atoms with van der Waals surface area (Å²) in [4.78, 5) is 22.4. The topological polar surface area (TPSA) is 89.7 Å². The zero-order valence-electron chi connectivity index (χ0n) is 17.8. The Bertz CT molecular complexity index is 1040. The van der Waals surface area contributed by atoms with Gasteiger partial charge in [0.25, 0.3) is 5.91 Å². The fraction of sp³-hybridized carbons (Fsp3) is 0.542. The number of nitriles is 1. The van der Waals surface area contributed by atoms with Crippen molar-refractivity contribution in [1.29, 1.82) is 5.26 Å². The molecule has 0 spiro atoms. The van der Waals surface area contributed by atoms with Crippen LogP contribution in [0.3, 0.4) is 0 Å². The molecule has 3 aliphatic heterocycles. The van der Waals surface area contributed by atoms with E-state index in [1.54, 1.807) is 6.20 Å². The van der Waals surface area contributed by atoms with E-state index in [2.05, 4.69) is 22.0 Å². The third-order valence-corrected chi connectivity index (χ3v) is 7.13. The van der Waals surface area contributed by atoms with Crippen molar-refractivity contribution >= 4 is 16.8 Å². The van der Waals surface area contributed by atoms with Crippen molar-refractivity contribution < 1.29 is 14.6 Å². The largest absolute Gasteiger partial charge is 0.389 e. The van der Waals surface area contributed by atoms with Crippen molar-refractivity contribution in [3.63, 3.8) is 0 Å². The van der Waals surface area contributed by atoms with Crippen molar-refractivity contribution in [3.8, 4) is 6.07 Å². The summed E-state index contributed by atoms with van der Waals surface area (Å²) in [7, 11) is 0. The van der Waals surface area contributed by atoms with Crippen LogP contribution < -0.4 is 0 Å². The number of aromatic nitrogens is 1. The Morgan fingerprint density at radius 3 is 2.87 bits per heavy atom. The standard InChI is InChI=1S/C24H28N4O3/c1-15-22-19(24(30)28(15)20-6-10-31-14-21(20)29)11-17(18-3-2-7-26-23(18)22)13-27-8-4-16(12-25)5-9-27/h2-3,7,11,15-16,20-21,29H,4-6,8-10,13-14H2,1H3. The molecule has 7 nitrogen and oxygen atoms in total. The van der Waals surface area contributed by atoms with Crippen molar-refractivity contribution in [3.05, 3.63) is 41.1 Å². The zero-order valence-corrected chi connectivity index (χ0v) is 17.8. The Labute approximate surface area is 182 Å². The molecule has 0 bridgehead atoms. The van der Waals surface area contributed by atoms with Crippen LogP contribution in [-0.4, -0.2) is 64.2 Å². The summed E-state index contributed by atoms with van der Waals surface area (Å²) >= 11 is 0. The number of pyridine rings is 1. The van der Waals surface area contributed by atoms with Gasteiger partial charge in [-0.15, -0.1) is 0 Å². The summed E-state index contributed by atoms with van der Waals surface area (Å²) in [5.41, 5.74) is 3.66. The highest BCUT2D eigenvalue weighted by Gasteiger charge is 2.43. The molecule has 2 saturated heterocycles. The molecular weight excluding hydrogens is 392 g/mol. The quantitative estimate of drug-likeness (QED) is 0.821. The van der Waals surface area contributed by atoms with E-state index >= 15 is 0 Å². The summed E-state index contributed by atoms with van der Waals surface area (Å²) < 4.78 is 5.38. The van der Waals surface area contributed by atoms with E-state index in [9.17, 15) is 15.2 Å². The van der Waals surface area contributed by atoms with Gasteiger partial charge in [0.2, 0.25) is 0 Å². The first kappa shape index (κ1) is 20.4. The van der Waals surface area contributed by atoms with E-state index in [1.807, 2.05) is 24.0 Å². The van der Waals surface area contributed by atoms with Crippen LogP contribution in [0.1, 0.15) is 53.7 Å². The molecule has 3 aliphatic rings. The van der Waals surface area contributed by atoms with Crippen LogP contribution in [-0.2, 0) is 11.3 Å². The molecule has 7 heteroatoms. The smallest absolute Gasteiger partial charge is 0.255 e. The van der Waals surface area contributed by atoms with E-state index in [1.165, 1.54) is 0 Å². The van der Waals surface area contributed by atoms with Gasteiger partial charge in [0.15, 0.2) is 0 Å². The highest BCUT2D eigenvalue weighted by atomic mass is 16.5. The van der Waals surface area contributed by atoms with Crippen LogP contribution in [0.15, 0.2) is 24.4 Å². The van der Waals surface area contributed by atoms with Gasteiger partial charge >= 0.3 is 0 Å². The third-order valence-electron chi connectivity index (χ3n) is 7.13. The van der Waals surface area contributed by atoms with Gasteiger partial charge in [-0.1, -0.05) is 6.07 Å². The lowest BCUT2D eigenvalue weighted by molar-refractivity contribution is -0.0623. The Kier molecular flexibility index (Phi) is 5.39. The number of piperidine rings is 1. The van der Waals surface area contributed by atoms with Gasteiger partial charge in [-0.2, -0.15) is 5.26 Å². The summed E-state index contributed by atoms with van der Waals surface area (Å²) in [5, 5.41) is 20.8. The molecule has 2 aromatic rings. The van der Waals surface area contributed by atoms with E-state index in [-0.39, 0.29) is 30.5 Å². The van der Waals surface area contributed by atoms with Crippen molar-refractivity contribution in [1.82, 2.24) is 14.8 Å². The number of benzene rings is 1. The van der Waals surface area contributed by atoms with Crippen LogP contribution in [0.25, 0.3) is 10.9 Å². The maximum atomic E-state index is 13.5. The summed E-state index contributed by atoms with van der Waals surface area (Å²) in [6.07, 6.45) is 3.53. The minimum atomic E-state index is -0.672. The van der Waals surface area contributed by atoms with Gasteiger partial charge in [0.1, 0.15) is 0 Å². The molecule has 5 rings (SSSR count). The molecule has 3 atom stereocenters. The third kappa shape index (κ3) is 3.49. The van der Waals surface area contributed by atoms with Crippen molar-refractivity contribution in [2.45, 2.75) is 50.9 Å². The summed E-state index contributed by atoms with van der Waals surface area (Å²) in [6.45, 7) is 5.38. The predicted molar refractivity (Wildman–Crippen MR) is 115 cm³/mol. The molecule has 0 aliphatic carbocycles. The van der Waals surface area contributed by atoms with Gasteiger partial charge in [0, 0.05) is 41.8 Å². The molecule has 4 heterocycles. The lowest BCUT2D eigenvalue weighted by atomic mass is 9.94. The number of aliphatic hydroxyl groups is 1.